The molecular formula is C13H14N2O2. The van der Waals surface area contributed by atoms with Crippen molar-refractivity contribution in [2.24, 2.45) is 5.92 Å². The van der Waals surface area contributed by atoms with Crippen molar-refractivity contribution < 1.29 is 9.90 Å². The maximum Gasteiger partial charge on any atom is 0.227 e. The molecule has 2 N–H and O–H groups in total. The number of nitrogens with zero attached hydrogens (tertiary/aromatic N) is 1. The highest BCUT2D eigenvalue weighted by Gasteiger charge is 2.29. The molecule has 2 aromatic rings. The Morgan fingerprint density at radius 1 is 1.41 bits per heavy atom. The van der Waals surface area contributed by atoms with Gasteiger partial charge in [0.15, 0.2) is 0 Å². The van der Waals surface area contributed by atoms with E-state index in [1.807, 2.05) is 30.5 Å². The van der Waals surface area contributed by atoms with E-state index in [9.17, 15) is 4.79 Å². The maximum atomic E-state index is 11.8. The molecule has 3 rings (SSSR count). The number of benzene rings is 1. The Bertz CT molecular complexity index is 561. The number of aromatic amines is 1. The van der Waals surface area contributed by atoms with E-state index < -0.39 is 0 Å². The van der Waals surface area contributed by atoms with Crippen molar-refractivity contribution in [3.8, 4) is 0 Å². The number of nitrogens with one attached hydrogen (secondary N) is 1. The number of carbonyl (C=O) groups excluding carboxylic acids is 1. The van der Waals surface area contributed by atoms with Crippen LogP contribution in [0.4, 0.5) is 5.69 Å². The summed E-state index contributed by atoms with van der Waals surface area (Å²) in [6, 6.07) is 7.93. The summed E-state index contributed by atoms with van der Waals surface area (Å²) >= 11 is 0. The van der Waals surface area contributed by atoms with Gasteiger partial charge in [0.25, 0.3) is 0 Å². The number of aliphatic hydroxyl groups excluding tert-OH is 1. The zero-order chi connectivity index (χ0) is 11.8. The van der Waals surface area contributed by atoms with Crippen molar-refractivity contribution in [2.75, 3.05) is 18.1 Å². The van der Waals surface area contributed by atoms with E-state index in [4.69, 9.17) is 5.11 Å². The molecule has 1 aliphatic heterocycles. The Balaban J connectivity index is 1.95. The minimum Gasteiger partial charge on any atom is -0.396 e. The van der Waals surface area contributed by atoms with Crippen molar-refractivity contribution >= 4 is 22.5 Å². The number of anilines is 1. The van der Waals surface area contributed by atoms with Crippen LogP contribution in [0.1, 0.15) is 6.42 Å². The first-order valence-electron chi connectivity index (χ1n) is 5.76. The summed E-state index contributed by atoms with van der Waals surface area (Å²) < 4.78 is 0. The van der Waals surface area contributed by atoms with Gasteiger partial charge in [-0.05, 0) is 23.6 Å². The third-order valence-corrected chi connectivity index (χ3v) is 3.31. The van der Waals surface area contributed by atoms with Gasteiger partial charge in [-0.2, -0.15) is 0 Å². The van der Waals surface area contributed by atoms with Gasteiger partial charge in [-0.15, -0.1) is 0 Å². The van der Waals surface area contributed by atoms with Crippen molar-refractivity contribution in [3.63, 3.8) is 0 Å². The highest BCUT2D eigenvalue weighted by molar-refractivity contribution is 5.97. The van der Waals surface area contributed by atoms with Crippen molar-refractivity contribution in [3.05, 3.63) is 30.5 Å². The molecule has 0 radical (unpaired) electrons. The number of hydrogen-bond donors (Lipinski definition) is 2. The molecule has 1 unspecified atom stereocenters. The highest BCUT2D eigenvalue weighted by atomic mass is 16.3. The molecular weight excluding hydrogens is 216 g/mol. The first kappa shape index (κ1) is 10.4. The predicted octanol–water partition coefficient (Wildman–Crippen LogP) is 1.51. The smallest absolute Gasteiger partial charge is 0.227 e. The Morgan fingerprint density at radius 3 is 3.06 bits per heavy atom. The lowest BCUT2D eigenvalue weighted by atomic mass is 10.1. The largest absolute Gasteiger partial charge is 0.396 e. The lowest BCUT2D eigenvalue weighted by Crippen LogP contribution is -2.24. The maximum absolute atomic E-state index is 11.8. The summed E-state index contributed by atoms with van der Waals surface area (Å²) in [7, 11) is 0. The van der Waals surface area contributed by atoms with Gasteiger partial charge in [-0.1, -0.05) is 6.07 Å². The van der Waals surface area contributed by atoms with Crippen LogP contribution in [0, 0.1) is 5.92 Å². The monoisotopic (exact) mass is 230 g/mol. The third-order valence-electron chi connectivity index (χ3n) is 3.31. The fourth-order valence-corrected chi connectivity index (χ4v) is 2.36. The molecule has 1 amide bonds. The fourth-order valence-electron chi connectivity index (χ4n) is 2.36. The summed E-state index contributed by atoms with van der Waals surface area (Å²) in [5, 5.41) is 10.2. The summed E-state index contributed by atoms with van der Waals surface area (Å²) in [6.07, 6.45) is 2.33. The second-order valence-corrected chi connectivity index (χ2v) is 4.51. The number of amides is 1. The lowest BCUT2D eigenvalue weighted by Gasteiger charge is -2.16. The molecule has 1 aromatic heterocycles. The molecule has 4 nitrogen and oxygen atoms in total. The Kier molecular flexibility index (Phi) is 2.37. The lowest BCUT2D eigenvalue weighted by molar-refractivity contribution is -0.117. The quantitative estimate of drug-likeness (QED) is 0.821. The van der Waals surface area contributed by atoms with E-state index in [0.717, 1.165) is 16.6 Å². The molecule has 0 aliphatic carbocycles. The first-order chi connectivity index (χ1) is 8.28. The molecule has 88 valence electrons. The van der Waals surface area contributed by atoms with Gasteiger partial charge in [0.1, 0.15) is 0 Å². The minimum absolute atomic E-state index is 0.0711. The number of aliphatic hydroxyl groups is 1. The summed E-state index contributed by atoms with van der Waals surface area (Å²) in [4.78, 5) is 16.7. The standard InChI is InChI=1S/C13H14N2O2/c16-8-9-5-13(17)15(7-9)11-2-1-10-3-4-14-12(10)6-11/h1-4,6,9,14,16H,5,7-8H2. The van der Waals surface area contributed by atoms with Crippen LogP contribution in [0.2, 0.25) is 0 Å². The molecule has 0 saturated carbocycles. The van der Waals surface area contributed by atoms with Crippen LogP contribution in [0.25, 0.3) is 10.9 Å². The highest BCUT2D eigenvalue weighted by Crippen LogP contribution is 2.27. The van der Waals surface area contributed by atoms with Gasteiger partial charge in [0, 0.05) is 42.9 Å². The normalized spacial score (nSPS) is 20.4. The van der Waals surface area contributed by atoms with Crippen LogP contribution in [-0.4, -0.2) is 29.1 Å². The van der Waals surface area contributed by atoms with Gasteiger partial charge >= 0.3 is 0 Å². The van der Waals surface area contributed by atoms with Gasteiger partial charge in [-0.3, -0.25) is 4.79 Å². The second kappa shape index (κ2) is 3.89. The molecule has 2 heterocycles. The molecule has 1 saturated heterocycles. The van der Waals surface area contributed by atoms with Crippen molar-refractivity contribution in [1.29, 1.82) is 0 Å². The van der Waals surface area contributed by atoms with Gasteiger partial charge in [0.2, 0.25) is 5.91 Å². The topological polar surface area (TPSA) is 56.3 Å². The summed E-state index contributed by atoms with van der Waals surface area (Å²) in [6.45, 7) is 0.689. The zero-order valence-corrected chi connectivity index (χ0v) is 9.39. The van der Waals surface area contributed by atoms with E-state index in [0.29, 0.717) is 13.0 Å². The number of H-pyrrole nitrogens is 1. The van der Waals surface area contributed by atoms with E-state index in [1.54, 1.807) is 4.90 Å². The van der Waals surface area contributed by atoms with Crippen LogP contribution in [0.5, 0.6) is 0 Å². The molecule has 1 aromatic carbocycles. The third kappa shape index (κ3) is 1.70. The van der Waals surface area contributed by atoms with Crippen LogP contribution in [0.3, 0.4) is 0 Å². The van der Waals surface area contributed by atoms with Crippen molar-refractivity contribution in [1.82, 2.24) is 4.98 Å². The van der Waals surface area contributed by atoms with Crippen LogP contribution in [0.15, 0.2) is 30.5 Å². The van der Waals surface area contributed by atoms with Crippen molar-refractivity contribution in [2.45, 2.75) is 6.42 Å². The number of rotatable bonds is 2. The first-order valence-corrected chi connectivity index (χ1v) is 5.76. The van der Waals surface area contributed by atoms with Crippen LogP contribution >= 0.6 is 0 Å². The van der Waals surface area contributed by atoms with E-state index in [-0.39, 0.29) is 18.4 Å². The fraction of sp³-hybridized carbons (Fsp3) is 0.308. The molecule has 4 heteroatoms. The second-order valence-electron chi connectivity index (χ2n) is 4.51. The minimum atomic E-state index is 0.0711. The molecule has 17 heavy (non-hydrogen) atoms. The Hall–Kier alpha value is -1.81. The Labute approximate surface area is 98.9 Å². The van der Waals surface area contributed by atoms with Gasteiger partial charge in [-0.25, -0.2) is 0 Å². The number of fused-ring (bicyclic) bond motifs is 1. The van der Waals surface area contributed by atoms with Crippen LogP contribution in [-0.2, 0) is 4.79 Å². The van der Waals surface area contributed by atoms with E-state index in [1.165, 1.54) is 0 Å². The Morgan fingerprint density at radius 2 is 2.29 bits per heavy atom. The molecule has 0 spiro atoms. The molecule has 1 fully saturated rings. The zero-order valence-electron chi connectivity index (χ0n) is 9.39. The summed E-state index contributed by atoms with van der Waals surface area (Å²) in [5.74, 6) is 0.164. The van der Waals surface area contributed by atoms with Crippen LogP contribution < -0.4 is 4.90 Å². The van der Waals surface area contributed by atoms with Gasteiger partial charge in [0.05, 0.1) is 0 Å². The number of aromatic nitrogens is 1. The van der Waals surface area contributed by atoms with E-state index >= 15 is 0 Å². The van der Waals surface area contributed by atoms with E-state index in [2.05, 4.69) is 4.98 Å². The predicted molar refractivity (Wildman–Crippen MR) is 65.8 cm³/mol. The average molecular weight is 230 g/mol. The molecule has 0 bridgehead atoms. The number of carbonyl (C=O) groups is 1. The SMILES string of the molecule is O=C1CC(CO)CN1c1ccc2cc[nH]c2c1. The molecule has 1 aliphatic rings. The number of hydrogen-bond acceptors (Lipinski definition) is 2. The average Bonchev–Trinajstić information content (AvgIpc) is 2.93. The van der Waals surface area contributed by atoms with Gasteiger partial charge < -0.3 is 15.0 Å². The summed E-state index contributed by atoms with van der Waals surface area (Å²) in [5.41, 5.74) is 1.93. The molecule has 1 atom stereocenters.